The molecule has 0 rings (SSSR count). The minimum Gasteiger partial charge on any atom is -0.397 e. The predicted octanol–water partition coefficient (Wildman–Crippen LogP) is -1.29. The standard InChI is InChI=1S/C3H8N.3C2H6O.H4Si.Zr/c1-2-3-4;3*1-2-3;;/h1-4H2;3*3H,2H2,1H3;1H4;/q-1;;;;;. The summed E-state index contributed by atoms with van der Waals surface area (Å²) in [5, 5.41) is 22.7. The van der Waals surface area contributed by atoms with Gasteiger partial charge in [-0.3, -0.25) is 0 Å². The number of nitrogens with two attached hydrogens (primary N) is 1. The molecule has 0 saturated heterocycles. The van der Waals surface area contributed by atoms with E-state index in [2.05, 4.69) is 6.92 Å². The predicted molar refractivity (Wildman–Crippen MR) is 68.6 cm³/mol. The monoisotopic (exact) mass is 318 g/mol. The Morgan fingerprint density at radius 2 is 1.00 bits per heavy atom. The quantitative estimate of drug-likeness (QED) is 0.358. The van der Waals surface area contributed by atoms with Crippen LogP contribution in [0, 0.1) is 6.92 Å². The third-order valence-electron chi connectivity index (χ3n) is 0.204. The Labute approximate surface area is 118 Å². The molecule has 15 heavy (non-hydrogen) atoms. The largest absolute Gasteiger partial charge is 0.397 e. The van der Waals surface area contributed by atoms with Crippen molar-refractivity contribution in [2.24, 2.45) is 5.73 Å². The second-order valence-electron chi connectivity index (χ2n) is 1.59. The van der Waals surface area contributed by atoms with Crippen LogP contribution < -0.4 is 5.73 Å². The average molecular weight is 320 g/mol. The van der Waals surface area contributed by atoms with Gasteiger partial charge in [-0.1, -0.05) is 0 Å². The number of hydrogen-bond donors (Lipinski definition) is 4. The first-order chi connectivity index (χ1) is 6.16. The van der Waals surface area contributed by atoms with E-state index in [9.17, 15) is 0 Å². The van der Waals surface area contributed by atoms with Gasteiger partial charge >= 0.3 is 0 Å². The van der Waals surface area contributed by atoms with Crippen LogP contribution >= 0.6 is 0 Å². The van der Waals surface area contributed by atoms with Gasteiger partial charge in [-0.15, -0.1) is 0 Å². The molecule has 0 aliphatic carbocycles. The van der Waals surface area contributed by atoms with Crippen LogP contribution in [-0.4, -0.2) is 52.7 Å². The van der Waals surface area contributed by atoms with E-state index in [4.69, 9.17) is 21.1 Å². The molecule has 0 aliphatic rings. The van der Waals surface area contributed by atoms with Crippen LogP contribution in [0.2, 0.25) is 0 Å². The zero-order valence-electron chi connectivity index (χ0n) is 9.66. The van der Waals surface area contributed by atoms with E-state index in [1.807, 2.05) is 0 Å². The SMILES string of the molecule is CCO.CCO.CCO.[CH2-]CCN.[SiH4].[Zr]. The maximum absolute atomic E-state index is 7.57. The van der Waals surface area contributed by atoms with Gasteiger partial charge in [-0.2, -0.15) is 6.42 Å². The maximum atomic E-state index is 7.57. The van der Waals surface area contributed by atoms with Crippen LogP contribution in [0.3, 0.4) is 0 Å². The van der Waals surface area contributed by atoms with E-state index >= 15 is 0 Å². The van der Waals surface area contributed by atoms with Crippen LogP contribution in [0.5, 0.6) is 0 Å². The summed E-state index contributed by atoms with van der Waals surface area (Å²) >= 11 is 0. The molecule has 0 atom stereocenters. The fraction of sp³-hybridized carbons (Fsp3) is 0.889. The van der Waals surface area contributed by atoms with Gasteiger partial charge in [0.1, 0.15) is 0 Å². The van der Waals surface area contributed by atoms with Crippen molar-refractivity contribution in [3.05, 3.63) is 6.92 Å². The number of aliphatic hydroxyl groups is 3. The van der Waals surface area contributed by atoms with Crippen LogP contribution in [-0.2, 0) is 26.2 Å². The molecule has 4 nitrogen and oxygen atoms in total. The molecule has 0 heterocycles. The minimum absolute atomic E-state index is 0. The molecule has 0 amide bonds. The van der Waals surface area contributed by atoms with Crippen LogP contribution in [0.15, 0.2) is 0 Å². The molecule has 5 N–H and O–H groups in total. The third kappa shape index (κ3) is 665. The number of hydrogen-bond acceptors (Lipinski definition) is 4. The second kappa shape index (κ2) is 82.3. The van der Waals surface area contributed by atoms with E-state index in [1.54, 1.807) is 20.8 Å². The normalized spacial score (nSPS) is 5.60. The molecule has 0 unspecified atom stereocenters. The van der Waals surface area contributed by atoms with E-state index in [0.717, 1.165) is 6.42 Å². The van der Waals surface area contributed by atoms with Gasteiger partial charge in [-0.05, 0) is 38.3 Å². The molecule has 0 radical (unpaired) electrons. The van der Waals surface area contributed by atoms with Gasteiger partial charge in [0.2, 0.25) is 0 Å². The van der Waals surface area contributed by atoms with E-state index in [1.165, 1.54) is 0 Å². The Kier molecular flexibility index (Phi) is 198. The zero-order chi connectivity index (χ0) is 11.5. The molecule has 98 valence electrons. The summed E-state index contributed by atoms with van der Waals surface area (Å²) in [6, 6.07) is 0. The van der Waals surface area contributed by atoms with Crippen molar-refractivity contribution in [1.82, 2.24) is 0 Å². The molecule has 0 aliphatic heterocycles. The molecule has 0 bridgehead atoms. The first-order valence-electron chi connectivity index (χ1n) is 4.48. The van der Waals surface area contributed by atoms with Gasteiger partial charge in [0.05, 0.1) is 0 Å². The second-order valence-corrected chi connectivity index (χ2v) is 1.59. The molecule has 0 spiro atoms. The molecule has 0 aromatic carbocycles. The summed E-state index contributed by atoms with van der Waals surface area (Å²) < 4.78 is 0. The topological polar surface area (TPSA) is 86.7 Å². The average Bonchev–Trinajstić information content (AvgIpc) is 2.08. The summed E-state index contributed by atoms with van der Waals surface area (Å²) in [5.41, 5.74) is 4.97. The Morgan fingerprint density at radius 3 is 1.00 bits per heavy atom. The van der Waals surface area contributed by atoms with Crippen molar-refractivity contribution in [1.29, 1.82) is 0 Å². The molecular formula is C9H30NO3SiZr-. The van der Waals surface area contributed by atoms with E-state index < -0.39 is 0 Å². The first-order valence-corrected chi connectivity index (χ1v) is 4.48. The van der Waals surface area contributed by atoms with Crippen molar-refractivity contribution < 1.29 is 41.5 Å². The van der Waals surface area contributed by atoms with E-state index in [0.29, 0.717) is 6.54 Å². The minimum atomic E-state index is 0. The van der Waals surface area contributed by atoms with E-state index in [-0.39, 0.29) is 57.0 Å². The maximum Gasteiger partial charge on any atom is 0.0402 e. The fourth-order valence-corrected chi connectivity index (χ4v) is 0. The first kappa shape index (κ1) is 36.0. The number of aliphatic hydroxyl groups excluding tert-OH is 3. The zero-order valence-corrected chi connectivity index (χ0v) is 12.1. The summed E-state index contributed by atoms with van der Waals surface area (Å²) in [5.74, 6) is 0. The molecular weight excluding hydrogens is 289 g/mol. The van der Waals surface area contributed by atoms with Gasteiger partial charge in [0, 0.05) is 46.0 Å². The molecule has 0 fully saturated rings. The Balaban J connectivity index is -0.0000000174. The van der Waals surface area contributed by atoms with Crippen LogP contribution in [0.4, 0.5) is 0 Å². The third-order valence-corrected chi connectivity index (χ3v) is 0.204. The Hall–Kier alpha value is 0.940. The van der Waals surface area contributed by atoms with Crippen molar-refractivity contribution >= 4 is 11.0 Å². The summed E-state index contributed by atoms with van der Waals surface area (Å²) in [7, 11) is 0. The van der Waals surface area contributed by atoms with Gasteiger partial charge < -0.3 is 28.0 Å². The van der Waals surface area contributed by atoms with Gasteiger partial charge in [0.25, 0.3) is 0 Å². The summed E-state index contributed by atoms with van der Waals surface area (Å²) in [4.78, 5) is 0. The smallest absolute Gasteiger partial charge is 0.0402 e. The van der Waals surface area contributed by atoms with Crippen molar-refractivity contribution in [2.75, 3.05) is 26.4 Å². The van der Waals surface area contributed by atoms with Gasteiger partial charge in [-0.25, -0.2) is 0 Å². The summed E-state index contributed by atoms with van der Waals surface area (Å²) in [6.07, 6.45) is 0.847. The fourth-order valence-electron chi connectivity index (χ4n) is 0. The Morgan fingerprint density at radius 1 is 0.933 bits per heavy atom. The van der Waals surface area contributed by atoms with Crippen molar-refractivity contribution in [3.63, 3.8) is 0 Å². The number of rotatable bonds is 1. The van der Waals surface area contributed by atoms with Crippen molar-refractivity contribution in [3.8, 4) is 0 Å². The molecule has 6 heteroatoms. The Bertz CT molecular complexity index is 41.8. The van der Waals surface area contributed by atoms with Crippen LogP contribution in [0.25, 0.3) is 0 Å². The molecule has 0 saturated carbocycles. The summed E-state index contributed by atoms with van der Waals surface area (Å²) in [6.45, 7) is 9.98. The molecule has 0 aromatic rings. The van der Waals surface area contributed by atoms with Crippen LogP contribution in [0.1, 0.15) is 27.2 Å². The van der Waals surface area contributed by atoms with Gasteiger partial charge in [0.15, 0.2) is 0 Å². The molecule has 0 aromatic heterocycles. The van der Waals surface area contributed by atoms with Crippen molar-refractivity contribution in [2.45, 2.75) is 27.2 Å².